The zero-order valence-corrected chi connectivity index (χ0v) is 20.4. The van der Waals surface area contributed by atoms with Crippen LogP contribution in [0.5, 0.6) is 0 Å². The molecule has 0 saturated carbocycles. The molecule has 5 rings (SSSR count). The van der Waals surface area contributed by atoms with Crippen LogP contribution in [0.4, 0.5) is 11.4 Å². The van der Waals surface area contributed by atoms with E-state index in [1.807, 2.05) is 114 Å². The Labute approximate surface area is 205 Å². The second-order valence-corrected chi connectivity index (χ2v) is 9.48. The van der Waals surface area contributed by atoms with Crippen molar-refractivity contribution >= 4 is 34.2 Å². The molecule has 3 aromatic carbocycles. The Morgan fingerprint density at radius 2 is 1.77 bits per heavy atom. The second-order valence-electron chi connectivity index (χ2n) is 9.48. The number of rotatable bonds is 6. The van der Waals surface area contributed by atoms with Crippen molar-refractivity contribution < 1.29 is 9.59 Å². The summed E-state index contributed by atoms with van der Waals surface area (Å²) in [4.78, 5) is 35.3. The molecule has 4 aromatic rings. The van der Waals surface area contributed by atoms with Gasteiger partial charge in [0.15, 0.2) is 0 Å². The summed E-state index contributed by atoms with van der Waals surface area (Å²) >= 11 is 0. The predicted molar refractivity (Wildman–Crippen MR) is 140 cm³/mol. The van der Waals surface area contributed by atoms with E-state index < -0.39 is 0 Å². The largest absolute Gasteiger partial charge is 0.318 e. The summed E-state index contributed by atoms with van der Waals surface area (Å²) in [5.74, 6) is 0.779. The second kappa shape index (κ2) is 9.37. The number of hydrogen-bond donors (Lipinski definition) is 0. The normalized spacial score (nSPS) is 15.8. The number of aromatic nitrogens is 2. The van der Waals surface area contributed by atoms with Crippen molar-refractivity contribution in [1.82, 2.24) is 9.55 Å². The number of carbonyl (C=O) groups is 2. The molecular formula is C29H30N4O2. The van der Waals surface area contributed by atoms with Gasteiger partial charge in [-0.1, -0.05) is 42.5 Å². The lowest BCUT2D eigenvalue weighted by Crippen LogP contribution is -2.39. The average molecular weight is 467 g/mol. The molecule has 0 unspecified atom stereocenters. The molecule has 0 radical (unpaired) electrons. The molecule has 6 nitrogen and oxygen atoms in total. The maximum absolute atomic E-state index is 13.7. The highest BCUT2D eigenvalue weighted by Crippen LogP contribution is 2.33. The van der Waals surface area contributed by atoms with Gasteiger partial charge >= 0.3 is 0 Å². The third-order valence-electron chi connectivity index (χ3n) is 6.60. The SMILES string of the molecule is Cc1cccc(N2C[C@H](c3nc4ccccc4n3CC(=O)N(c3ccccc3)C(C)C)CC2=O)c1. The lowest BCUT2D eigenvalue weighted by atomic mass is 10.1. The molecule has 1 saturated heterocycles. The van der Waals surface area contributed by atoms with Gasteiger partial charge in [0.2, 0.25) is 11.8 Å². The van der Waals surface area contributed by atoms with Gasteiger partial charge in [0.1, 0.15) is 12.4 Å². The minimum absolute atomic E-state index is 0.00420. The van der Waals surface area contributed by atoms with Crippen molar-refractivity contribution in [3.8, 4) is 0 Å². The van der Waals surface area contributed by atoms with E-state index in [-0.39, 0.29) is 30.3 Å². The van der Waals surface area contributed by atoms with Gasteiger partial charge < -0.3 is 14.4 Å². The van der Waals surface area contributed by atoms with Crippen LogP contribution in [0.1, 0.15) is 37.6 Å². The summed E-state index contributed by atoms with van der Waals surface area (Å²) in [6.45, 7) is 6.78. The molecule has 0 bridgehead atoms. The zero-order valence-electron chi connectivity index (χ0n) is 20.4. The van der Waals surface area contributed by atoms with E-state index in [4.69, 9.17) is 4.98 Å². The van der Waals surface area contributed by atoms with E-state index >= 15 is 0 Å². The Morgan fingerprint density at radius 1 is 1.03 bits per heavy atom. The Balaban J connectivity index is 1.50. The van der Waals surface area contributed by atoms with E-state index in [1.54, 1.807) is 0 Å². The first-order valence-corrected chi connectivity index (χ1v) is 12.1. The molecule has 1 aliphatic rings. The van der Waals surface area contributed by atoms with Crippen molar-refractivity contribution in [1.29, 1.82) is 0 Å². The quantitative estimate of drug-likeness (QED) is 0.387. The molecule has 2 heterocycles. The molecule has 2 amide bonds. The number of fused-ring (bicyclic) bond motifs is 1. The van der Waals surface area contributed by atoms with Gasteiger partial charge in [0, 0.05) is 36.3 Å². The third-order valence-corrected chi connectivity index (χ3v) is 6.60. The van der Waals surface area contributed by atoms with Crippen LogP contribution in [0.3, 0.4) is 0 Å². The highest BCUT2D eigenvalue weighted by atomic mass is 16.2. The van der Waals surface area contributed by atoms with Crippen molar-refractivity contribution in [3.63, 3.8) is 0 Å². The van der Waals surface area contributed by atoms with Gasteiger partial charge in [-0.3, -0.25) is 9.59 Å². The topological polar surface area (TPSA) is 58.4 Å². The minimum Gasteiger partial charge on any atom is -0.318 e. The first kappa shape index (κ1) is 22.8. The fourth-order valence-electron chi connectivity index (χ4n) is 5.03. The smallest absolute Gasteiger partial charge is 0.247 e. The van der Waals surface area contributed by atoms with Crippen molar-refractivity contribution in [2.75, 3.05) is 16.3 Å². The molecular weight excluding hydrogens is 436 g/mol. The number of para-hydroxylation sites is 3. The summed E-state index contributed by atoms with van der Waals surface area (Å²) in [6, 6.07) is 25.7. The average Bonchev–Trinajstić information content (AvgIpc) is 3.40. The Kier molecular flexibility index (Phi) is 6.12. The van der Waals surface area contributed by atoms with Gasteiger partial charge in [-0.25, -0.2) is 4.98 Å². The number of imidazole rings is 1. The van der Waals surface area contributed by atoms with Gasteiger partial charge in [-0.05, 0) is 62.7 Å². The van der Waals surface area contributed by atoms with Crippen molar-refractivity contribution in [3.05, 3.63) is 90.3 Å². The van der Waals surface area contributed by atoms with E-state index in [0.29, 0.717) is 13.0 Å². The summed E-state index contributed by atoms with van der Waals surface area (Å²) in [5, 5.41) is 0. The number of benzene rings is 3. The molecule has 1 fully saturated rings. The van der Waals surface area contributed by atoms with Crippen molar-refractivity contribution in [2.45, 2.75) is 45.7 Å². The standard InChI is InChI=1S/C29H30N4O2/c1-20(2)33(23-11-5-4-6-12-23)28(35)19-32-26-15-8-7-14-25(26)30-29(32)22-17-27(34)31(18-22)24-13-9-10-21(3)16-24/h4-16,20,22H,17-19H2,1-3H3/t22-/m1/s1. The molecule has 6 heteroatoms. The fraction of sp³-hybridized carbons (Fsp3) is 0.276. The fourth-order valence-corrected chi connectivity index (χ4v) is 5.03. The number of aryl methyl sites for hydroxylation is 1. The predicted octanol–water partition coefficient (Wildman–Crippen LogP) is 5.31. The van der Waals surface area contributed by atoms with E-state index in [2.05, 4.69) is 0 Å². The number of nitrogens with zero attached hydrogens (tertiary/aromatic N) is 4. The molecule has 35 heavy (non-hydrogen) atoms. The van der Waals surface area contributed by atoms with Crippen molar-refractivity contribution in [2.24, 2.45) is 0 Å². The number of amides is 2. The van der Waals surface area contributed by atoms with Gasteiger partial charge in [-0.15, -0.1) is 0 Å². The summed E-state index contributed by atoms with van der Waals surface area (Å²) in [5.41, 5.74) is 4.65. The van der Waals surface area contributed by atoms with Crippen LogP contribution in [-0.2, 0) is 16.1 Å². The highest BCUT2D eigenvalue weighted by molar-refractivity contribution is 5.97. The Bertz CT molecular complexity index is 1380. The maximum Gasteiger partial charge on any atom is 0.247 e. The lowest BCUT2D eigenvalue weighted by Gasteiger charge is -2.27. The number of hydrogen-bond acceptors (Lipinski definition) is 3. The van der Waals surface area contributed by atoms with Crippen LogP contribution in [0.2, 0.25) is 0 Å². The van der Waals surface area contributed by atoms with Gasteiger partial charge in [0.25, 0.3) is 0 Å². The molecule has 1 atom stereocenters. The maximum atomic E-state index is 13.7. The molecule has 0 aliphatic carbocycles. The molecule has 1 aromatic heterocycles. The van der Waals surface area contributed by atoms with E-state index in [0.717, 1.165) is 33.8 Å². The molecule has 178 valence electrons. The van der Waals surface area contributed by atoms with Crippen LogP contribution in [0, 0.1) is 6.92 Å². The first-order valence-electron chi connectivity index (χ1n) is 12.1. The van der Waals surface area contributed by atoms with Gasteiger partial charge in [-0.2, -0.15) is 0 Å². The van der Waals surface area contributed by atoms with Crippen LogP contribution in [0.25, 0.3) is 11.0 Å². The third kappa shape index (κ3) is 4.44. The number of carbonyl (C=O) groups excluding carboxylic acids is 2. The summed E-state index contributed by atoms with van der Waals surface area (Å²) in [6.07, 6.45) is 0.373. The van der Waals surface area contributed by atoms with Crippen LogP contribution < -0.4 is 9.80 Å². The van der Waals surface area contributed by atoms with Crippen LogP contribution >= 0.6 is 0 Å². The zero-order chi connectivity index (χ0) is 24.5. The summed E-state index contributed by atoms with van der Waals surface area (Å²) < 4.78 is 2.01. The lowest BCUT2D eigenvalue weighted by molar-refractivity contribution is -0.119. The number of anilines is 2. The highest BCUT2D eigenvalue weighted by Gasteiger charge is 2.35. The van der Waals surface area contributed by atoms with E-state index in [1.165, 1.54) is 0 Å². The van der Waals surface area contributed by atoms with Crippen LogP contribution in [0.15, 0.2) is 78.9 Å². The van der Waals surface area contributed by atoms with E-state index in [9.17, 15) is 9.59 Å². The first-order chi connectivity index (χ1) is 16.9. The molecule has 1 aliphatic heterocycles. The molecule has 0 spiro atoms. The minimum atomic E-state index is -0.0903. The Hall–Kier alpha value is -3.93. The monoisotopic (exact) mass is 466 g/mol. The van der Waals surface area contributed by atoms with Gasteiger partial charge in [0.05, 0.1) is 11.0 Å². The summed E-state index contributed by atoms with van der Waals surface area (Å²) in [7, 11) is 0. The Morgan fingerprint density at radius 3 is 2.51 bits per heavy atom. The van der Waals surface area contributed by atoms with Crippen LogP contribution in [-0.4, -0.2) is 34.0 Å². The molecule has 0 N–H and O–H groups in total.